The lowest BCUT2D eigenvalue weighted by Crippen LogP contribution is -2.32. The summed E-state index contributed by atoms with van der Waals surface area (Å²) in [6, 6.07) is 8.61. The summed E-state index contributed by atoms with van der Waals surface area (Å²) >= 11 is 6.05. The number of halogens is 2. The van der Waals surface area contributed by atoms with Crippen LogP contribution < -0.4 is 19.5 Å². The quantitative estimate of drug-likeness (QED) is 0.793. The van der Waals surface area contributed by atoms with E-state index in [0.717, 1.165) is 0 Å². The molecule has 1 atom stereocenters. The number of hydrogen-bond acceptors (Lipinski definition) is 4. The Morgan fingerprint density at radius 1 is 1.16 bits per heavy atom. The van der Waals surface area contributed by atoms with Crippen LogP contribution in [0, 0.1) is 5.82 Å². The molecule has 1 amide bonds. The summed E-state index contributed by atoms with van der Waals surface area (Å²) in [7, 11) is 2.95. The van der Waals surface area contributed by atoms with Gasteiger partial charge in [-0.15, -0.1) is 0 Å². The molecule has 0 unspecified atom stereocenters. The van der Waals surface area contributed by atoms with Crippen LogP contribution in [0.4, 0.5) is 10.1 Å². The van der Waals surface area contributed by atoms with Gasteiger partial charge in [0.2, 0.25) is 0 Å². The van der Waals surface area contributed by atoms with Crippen molar-refractivity contribution in [3.63, 3.8) is 0 Å². The minimum atomic E-state index is -0.753. The predicted molar refractivity (Wildman–Crippen MR) is 94.3 cm³/mol. The molecule has 0 heterocycles. The lowest BCUT2D eigenvalue weighted by Gasteiger charge is -2.19. The topological polar surface area (TPSA) is 56.8 Å². The first-order chi connectivity index (χ1) is 12.0. The molecule has 0 saturated heterocycles. The Labute approximate surface area is 150 Å². The van der Waals surface area contributed by atoms with Gasteiger partial charge in [-0.25, -0.2) is 4.39 Å². The molecule has 1 N–H and O–H groups in total. The van der Waals surface area contributed by atoms with E-state index >= 15 is 0 Å². The highest BCUT2D eigenvalue weighted by Gasteiger charge is 2.21. The van der Waals surface area contributed by atoms with E-state index in [1.807, 2.05) is 6.92 Å². The summed E-state index contributed by atoms with van der Waals surface area (Å²) in [5.74, 6) is 0.474. The molecule has 0 fully saturated rings. The van der Waals surface area contributed by atoms with Crippen molar-refractivity contribution in [1.29, 1.82) is 0 Å². The second-order valence-corrected chi connectivity index (χ2v) is 5.55. The van der Waals surface area contributed by atoms with E-state index in [4.69, 9.17) is 25.8 Å². The van der Waals surface area contributed by atoms with E-state index in [1.165, 1.54) is 38.5 Å². The number of hydrogen-bond donors (Lipinski definition) is 1. The first kappa shape index (κ1) is 18.9. The summed E-state index contributed by atoms with van der Waals surface area (Å²) in [6.45, 7) is 1.81. The van der Waals surface area contributed by atoms with E-state index in [1.54, 1.807) is 12.1 Å². The van der Waals surface area contributed by atoms with Crippen molar-refractivity contribution in [2.75, 3.05) is 19.5 Å². The zero-order valence-corrected chi connectivity index (χ0v) is 14.9. The van der Waals surface area contributed by atoms with Crippen LogP contribution in [0.15, 0.2) is 36.4 Å². The fourth-order valence-electron chi connectivity index (χ4n) is 2.17. The minimum Gasteiger partial charge on any atom is -0.495 e. The molecule has 0 aliphatic carbocycles. The van der Waals surface area contributed by atoms with Crippen LogP contribution in [0.3, 0.4) is 0 Å². The third-order valence-corrected chi connectivity index (χ3v) is 3.78. The third-order valence-electron chi connectivity index (χ3n) is 3.49. The number of amides is 1. The van der Waals surface area contributed by atoms with E-state index in [2.05, 4.69) is 5.32 Å². The number of carbonyl (C=O) groups is 1. The molecule has 0 aromatic heterocycles. The van der Waals surface area contributed by atoms with Crippen LogP contribution in [0.1, 0.15) is 13.3 Å². The molecule has 0 aliphatic heterocycles. The van der Waals surface area contributed by atoms with Crippen molar-refractivity contribution in [3.8, 4) is 17.2 Å². The lowest BCUT2D eigenvalue weighted by molar-refractivity contribution is -0.122. The van der Waals surface area contributed by atoms with Crippen molar-refractivity contribution in [2.24, 2.45) is 0 Å². The van der Waals surface area contributed by atoms with Gasteiger partial charge in [0.25, 0.3) is 5.91 Å². The zero-order valence-electron chi connectivity index (χ0n) is 14.1. The van der Waals surface area contributed by atoms with Crippen molar-refractivity contribution < 1.29 is 23.4 Å². The summed E-state index contributed by atoms with van der Waals surface area (Å²) in [4.78, 5) is 12.5. The molecule has 7 heteroatoms. The molecule has 5 nitrogen and oxygen atoms in total. The normalized spacial score (nSPS) is 11.6. The molecule has 0 bridgehead atoms. The van der Waals surface area contributed by atoms with Gasteiger partial charge in [-0.1, -0.05) is 18.5 Å². The molecule has 2 aromatic carbocycles. The van der Waals surface area contributed by atoms with Gasteiger partial charge in [0, 0.05) is 12.1 Å². The maximum atomic E-state index is 13.0. The molecule has 2 aromatic rings. The second-order valence-electron chi connectivity index (χ2n) is 5.14. The van der Waals surface area contributed by atoms with Crippen molar-refractivity contribution >= 4 is 23.2 Å². The van der Waals surface area contributed by atoms with Gasteiger partial charge in [0.05, 0.1) is 24.9 Å². The minimum absolute atomic E-state index is 0.366. The third kappa shape index (κ3) is 4.76. The molecule has 2 rings (SSSR count). The Morgan fingerprint density at radius 2 is 1.80 bits per heavy atom. The van der Waals surface area contributed by atoms with Crippen LogP contribution in [-0.2, 0) is 4.79 Å². The number of rotatable bonds is 7. The highest BCUT2D eigenvalue weighted by Crippen LogP contribution is 2.36. The number of methoxy groups -OCH3 is 2. The van der Waals surface area contributed by atoms with Crippen molar-refractivity contribution in [2.45, 2.75) is 19.4 Å². The zero-order chi connectivity index (χ0) is 18.4. The van der Waals surface area contributed by atoms with E-state index in [9.17, 15) is 9.18 Å². The molecular weight excluding hydrogens is 349 g/mol. The fourth-order valence-corrected chi connectivity index (χ4v) is 2.40. The van der Waals surface area contributed by atoms with Gasteiger partial charge < -0.3 is 19.5 Å². The molecule has 0 spiro atoms. The Bertz CT molecular complexity index is 737. The predicted octanol–water partition coefficient (Wildman–Crippen LogP) is 4.29. The SMILES string of the molecule is CC[C@@H](Oc1ccc(F)cc1)C(=O)Nc1cc(OC)c(Cl)cc1OC. The molecule has 0 radical (unpaired) electrons. The van der Waals surface area contributed by atoms with Crippen LogP contribution in [0.25, 0.3) is 0 Å². The highest BCUT2D eigenvalue weighted by molar-refractivity contribution is 6.32. The average molecular weight is 368 g/mol. The molecule has 134 valence electrons. The van der Waals surface area contributed by atoms with Gasteiger partial charge in [0.1, 0.15) is 23.1 Å². The standard InChI is InChI=1S/C18H19ClFNO4/c1-4-15(25-12-7-5-11(20)6-8-12)18(22)21-14-10-16(23-2)13(19)9-17(14)24-3/h5-10,15H,4H2,1-3H3,(H,21,22)/t15-/m1/s1. The average Bonchev–Trinajstić information content (AvgIpc) is 2.62. The highest BCUT2D eigenvalue weighted by atomic mass is 35.5. The van der Waals surface area contributed by atoms with Crippen molar-refractivity contribution in [3.05, 3.63) is 47.2 Å². The van der Waals surface area contributed by atoms with E-state index in [0.29, 0.717) is 34.4 Å². The molecule has 0 aliphatic rings. The lowest BCUT2D eigenvalue weighted by atomic mass is 10.2. The molecule has 25 heavy (non-hydrogen) atoms. The molecular formula is C18H19ClFNO4. The molecule has 0 saturated carbocycles. The van der Waals surface area contributed by atoms with E-state index in [-0.39, 0.29) is 11.7 Å². The maximum absolute atomic E-state index is 13.0. The Morgan fingerprint density at radius 3 is 2.36 bits per heavy atom. The summed E-state index contributed by atoms with van der Waals surface area (Å²) < 4.78 is 29.0. The second kappa shape index (κ2) is 8.58. The van der Waals surface area contributed by atoms with Gasteiger partial charge in [-0.05, 0) is 30.7 Å². The van der Waals surface area contributed by atoms with Gasteiger partial charge in [0.15, 0.2) is 6.10 Å². The summed E-state index contributed by atoms with van der Waals surface area (Å²) in [6.07, 6.45) is -0.326. The van der Waals surface area contributed by atoms with Crippen LogP contribution in [0.2, 0.25) is 5.02 Å². The van der Waals surface area contributed by atoms with Crippen molar-refractivity contribution in [1.82, 2.24) is 0 Å². The van der Waals surface area contributed by atoms with Crippen LogP contribution >= 0.6 is 11.6 Å². The van der Waals surface area contributed by atoms with Gasteiger partial charge in [-0.3, -0.25) is 4.79 Å². The smallest absolute Gasteiger partial charge is 0.265 e. The first-order valence-corrected chi connectivity index (χ1v) is 8.00. The number of carbonyl (C=O) groups excluding carboxylic acids is 1. The Balaban J connectivity index is 2.17. The summed E-state index contributed by atoms with van der Waals surface area (Å²) in [5, 5.41) is 3.11. The number of anilines is 1. The maximum Gasteiger partial charge on any atom is 0.265 e. The van der Waals surface area contributed by atoms with Gasteiger partial charge >= 0.3 is 0 Å². The van der Waals surface area contributed by atoms with E-state index < -0.39 is 6.10 Å². The Hall–Kier alpha value is -2.47. The first-order valence-electron chi connectivity index (χ1n) is 7.63. The van der Waals surface area contributed by atoms with Crippen LogP contribution in [-0.4, -0.2) is 26.2 Å². The Kier molecular flexibility index (Phi) is 6.47. The fraction of sp³-hybridized carbons (Fsp3) is 0.278. The largest absolute Gasteiger partial charge is 0.495 e. The number of benzene rings is 2. The monoisotopic (exact) mass is 367 g/mol. The van der Waals surface area contributed by atoms with Crippen LogP contribution in [0.5, 0.6) is 17.2 Å². The number of nitrogens with one attached hydrogen (secondary N) is 1. The summed E-state index contributed by atoms with van der Waals surface area (Å²) in [5.41, 5.74) is 0.412. The number of ether oxygens (including phenoxy) is 3. The van der Waals surface area contributed by atoms with Gasteiger partial charge in [-0.2, -0.15) is 0 Å².